The monoisotopic (exact) mass is 382 g/mol. The minimum absolute atomic E-state index is 0.156. The van der Waals surface area contributed by atoms with Crippen LogP contribution < -0.4 is 21.1 Å². The van der Waals surface area contributed by atoms with E-state index in [0.717, 1.165) is 10.9 Å². The van der Waals surface area contributed by atoms with E-state index in [4.69, 9.17) is 5.73 Å². The summed E-state index contributed by atoms with van der Waals surface area (Å²) in [6.07, 6.45) is 1.63. The lowest BCUT2D eigenvalue weighted by molar-refractivity contribution is 0.188. The number of fused-ring (bicyclic) bond motifs is 1. The first-order chi connectivity index (χ1) is 11.9. The molecule has 8 amide bonds. The number of amides is 8. The van der Waals surface area contributed by atoms with E-state index in [1.54, 1.807) is 12.3 Å². The topological polar surface area (TPSA) is 149 Å². The van der Waals surface area contributed by atoms with Gasteiger partial charge in [-0.3, -0.25) is 15.4 Å². The van der Waals surface area contributed by atoms with Gasteiger partial charge >= 0.3 is 24.1 Å². The number of carbonyl (C=O) groups excluding carboxylic acids is 4. The number of urea groups is 4. The number of imide groups is 3. The van der Waals surface area contributed by atoms with Gasteiger partial charge in [0.05, 0.1) is 6.54 Å². The van der Waals surface area contributed by atoms with E-state index in [9.17, 15) is 19.2 Å². The summed E-state index contributed by atoms with van der Waals surface area (Å²) in [6.45, 7) is -0.156. The van der Waals surface area contributed by atoms with Crippen LogP contribution in [0.5, 0.6) is 0 Å². The van der Waals surface area contributed by atoms with E-state index >= 15 is 0 Å². The molecule has 6 N–H and O–H groups in total. The molecule has 0 aliphatic heterocycles. The predicted octanol–water partition coefficient (Wildman–Crippen LogP) is 1.67. The molecule has 0 saturated heterocycles. The van der Waals surface area contributed by atoms with E-state index in [0.29, 0.717) is 21.4 Å². The van der Waals surface area contributed by atoms with Crippen LogP contribution in [0.4, 0.5) is 19.2 Å². The van der Waals surface area contributed by atoms with E-state index in [1.807, 2.05) is 28.8 Å². The molecule has 10 nitrogen and oxygen atoms in total. The first-order valence-corrected chi connectivity index (χ1v) is 8.63. The lowest BCUT2D eigenvalue weighted by atomic mass is 10.2. The van der Waals surface area contributed by atoms with E-state index in [1.165, 1.54) is 0 Å². The highest BCUT2D eigenvalue weighted by atomic mass is 33.1. The molecule has 1 heterocycles. The summed E-state index contributed by atoms with van der Waals surface area (Å²) < 4.78 is 2.11. The van der Waals surface area contributed by atoms with Gasteiger partial charge in [0, 0.05) is 28.1 Å². The van der Waals surface area contributed by atoms with Gasteiger partial charge in [0.15, 0.2) is 0 Å². The Balaban J connectivity index is 2.07. The molecule has 0 aliphatic rings. The van der Waals surface area contributed by atoms with Gasteiger partial charge in [-0.25, -0.2) is 24.1 Å². The summed E-state index contributed by atoms with van der Waals surface area (Å²) in [5.41, 5.74) is 6.67. The molecule has 0 atom stereocenters. The van der Waals surface area contributed by atoms with Crippen LogP contribution in [0, 0.1) is 0 Å². The van der Waals surface area contributed by atoms with Gasteiger partial charge in [0.2, 0.25) is 0 Å². The quantitative estimate of drug-likeness (QED) is 0.271. The van der Waals surface area contributed by atoms with Crippen molar-refractivity contribution in [3.8, 4) is 0 Å². The van der Waals surface area contributed by atoms with Crippen LogP contribution in [0.15, 0.2) is 30.5 Å². The molecule has 25 heavy (non-hydrogen) atoms. The second kappa shape index (κ2) is 8.30. The van der Waals surface area contributed by atoms with E-state index in [-0.39, 0.29) is 6.54 Å². The van der Waals surface area contributed by atoms with Crippen molar-refractivity contribution in [2.75, 3.05) is 0 Å². The number of nitrogens with two attached hydrogens (primary N) is 1. The molecule has 0 saturated carbocycles. The second-order valence-electron chi connectivity index (χ2n) is 4.69. The van der Waals surface area contributed by atoms with Crippen LogP contribution >= 0.6 is 22.6 Å². The SMILES string of the molecule is NC(=O)N(Cc1c[nH]c2ccccc12)C(=O)NC(=O)NC(=O)NSS. The number of hydrogen-bond acceptors (Lipinski definition) is 6. The fourth-order valence-corrected chi connectivity index (χ4v) is 2.43. The Kier molecular flexibility index (Phi) is 6.14. The molecule has 0 fully saturated rings. The summed E-state index contributed by atoms with van der Waals surface area (Å²) in [6, 6.07) is 3.17. The highest BCUT2D eigenvalue weighted by Gasteiger charge is 2.23. The lowest BCUT2D eigenvalue weighted by Gasteiger charge is -2.18. The Hall–Kier alpha value is -2.86. The summed E-state index contributed by atoms with van der Waals surface area (Å²) in [5, 5.41) is 4.46. The van der Waals surface area contributed by atoms with Crippen LogP contribution in [0.3, 0.4) is 0 Å². The van der Waals surface area contributed by atoms with E-state index < -0.39 is 24.1 Å². The minimum Gasteiger partial charge on any atom is -0.361 e. The fourth-order valence-electron chi connectivity index (χ4n) is 2.05. The zero-order valence-corrected chi connectivity index (χ0v) is 14.3. The molecular weight excluding hydrogens is 368 g/mol. The maximum atomic E-state index is 12.1. The molecule has 0 aliphatic carbocycles. The maximum absolute atomic E-state index is 12.1. The number of carbonyl (C=O) groups is 4. The van der Waals surface area contributed by atoms with Gasteiger partial charge in [0.1, 0.15) is 0 Å². The molecule has 2 aromatic rings. The molecule has 0 bridgehead atoms. The highest BCUT2D eigenvalue weighted by molar-refractivity contribution is 8.68. The molecule has 1 aromatic carbocycles. The molecule has 1 aromatic heterocycles. The Morgan fingerprint density at radius 1 is 1.16 bits per heavy atom. The fraction of sp³-hybridized carbons (Fsp3) is 0.0769. The summed E-state index contributed by atoms with van der Waals surface area (Å²) >= 11 is 3.66. The van der Waals surface area contributed by atoms with Crippen molar-refractivity contribution in [2.24, 2.45) is 5.73 Å². The van der Waals surface area contributed by atoms with Gasteiger partial charge in [-0.05, 0) is 11.6 Å². The van der Waals surface area contributed by atoms with Crippen molar-refractivity contribution in [3.05, 3.63) is 36.0 Å². The number of para-hydroxylation sites is 1. The van der Waals surface area contributed by atoms with Crippen LogP contribution in [0.1, 0.15) is 5.56 Å². The van der Waals surface area contributed by atoms with Gasteiger partial charge < -0.3 is 10.7 Å². The third-order valence-electron chi connectivity index (χ3n) is 3.10. The van der Waals surface area contributed by atoms with Crippen LogP contribution in [0.2, 0.25) is 0 Å². The number of H-pyrrole nitrogens is 1. The third kappa shape index (κ3) is 4.81. The lowest BCUT2D eigenvalue weighted by Crippen LogP contribution is -2.52. The van der Waals surface area contributed by atoms with Crippen molar-refractivity contribution >= 4 is 57.7 Å². The summed E-state index contributed by atoms with van der Waals surface area (Å²) in [7, 11) is 0.665. The predicted molar refractivity (Wildman–Crippen MR) is 95.6 cm³/mol. The van der Waals surface area contributed by atoms with Gasteiger partial charge in [-0.1, -0.05) is 29.9 Å². The number of nitrogens with zero attached hydrogens (tertiary/aromatic N) is 1. The van der Waals surface area contributed by atoms with Gasteiger partial charge in [-0.15, -0.1) is 0 Å². The number of primary amides is 1. The first kappa shape index (κ1) is 18.5. The summed E-state index contributed by atoms with van der Waals surface area (Å²) in [5.74, 6) is 0. The van der Waals surface area contributed by atoms with Crippen molar-refractivity contribution < 1.29 is 19.2 Å². The standard InChI is InChI=1S/C13H14N6O4S2/c14-10(20)19(13(23)17-11(21)16-12(22)18-25-24)6-7-5-15-9-4-2-1-3-8(7)9/h1-5,15,24H,6H2,(H2,14,20)(H3,16,17,18,21,22,23). The number of benzene rings is 1. The molecule has 0 radical (unpaired) electrons. The van der Waals surface area contributed by atoms with Gasteiger partial charge in [0.25, 0.3) is 0 Å². The molecule has 132 valence electrons. The third-order valence-corrected chi connectivity index (χ3v) is 3.65. The number of rotatable bonds is 3. The highest BCUT2D eigenvalue weighted by Crippen LogP contribution is 2.19. The number of thiol groups is 1. The van der Waals surface area contributed by atoms with Crippen molar-refractivity contribution in [3.63, 3.8) is 0 Å². The minimum atomic E-state index is -1.12. The Bertz CT molecular complexity index is 824. The largest absolute Gasteiger partial charge is 0.361 e. The molecule has 12 heteroatoms. The van der Waals surface area contributed by atoms with Crippen molar-refractivity contribution in [2.45, 2.75) is 6.54 Å². The number of aromatic amines is 1. The maximum Gasteiger partial charge on any atom is 0.333 e. The summed E-state index contributed by atoms with van der Waals surface area (Å²) in [4.78, 5) is 50.0. The molecule has 0 spiro atoms. The number of aromatic nitrogens is 1. The molecular formula is C13H14N6O4S2. The Labute approximate surface area is 150 Å². The average molecular weight is 382 g/mol. The van der Waals surface area contributed by atoms with Crippen LogP contribution in [-0.4, -0.2) is 34.0 Å². The number of hydrogen-bond donors (Lipinski definition) is 6. The van der Waals surface area contributed by atoms with Crippen molar-refractivity contribution in [1.82, 2.24) is 25.2 Å². The Morgan fingerprint density at radius 3 is 2.56 bits per heavy atom. The Morgan fingerprint density at radius 2 is 1.88 bits per heavy atom. The smallest absolute Gasteiger partial charge is 0.333 e. The zero-order chi connectivity index (χ0) is 18.4. The zero-order valence-electron chi connectivity index (χ0n) is 12.6. The number of nitrogens with one attached hydrogen (secondary N) is 4. The normalized spacial score (nSPS) is 10.1. The van der Waals surface area contributed by atoms with Crippen molar-refractivity contribution in [1.29, 1.82) is 0 Å². The van der Waals surface area contributed by atoms with Gasteiger partial charge in [-0.2, -0.15) is 0 Å². The van der Waals surface area contributed by atoms with Crippen LogP contribution in [0.25, 0.3) is 10.9 Å². The van der Waals surface area contributed by atoms with E-state index in [2.05, 4.69) is 21.4 Å². The second-order valence-corrected chi connectivity index (χ2v) is 5.63. The first-order valence-electron chi connectivity index (χ1n) is 6.76. The molecule has 0 unspecified atom stereocenters. The average Bonchev–Trinajstić information content (AvgIpc) is 2.95. The van der Waals surface area contributed by atoms with Crippen LogP contribution in [-0.2, 0) is 6.54 Å². The molecule has 2 rings (SSSR count).